The molecule has 0 fully saturated rings. The Morgan fingerprint density at radius 2 is 1.52 bits per heavy atom. The zero-order valence-electron chi connectivity index (χ0n) is 18.8. The van der Waals surface area contributed by atoms with Gasteiger partial charge in [0.2, 0.25) is 0 Å². The summed E-state index contributed by atoms with van der Waals surface area (Å²) in [7, 11) is 0. The summed E-state index contributed by atoms with van der Waals surface area (Å²) in [5.74, 6) is 0. The standard InChI is InChI=1S/C24H42N2O3/c1-24(2,3)29-23(28)26(21-22-15-9-8-10-16-22)19-13-6-4-11-17-25-18-12-5-7-14-20-27/h8-10,15-16,25,27H,4-7,11-14,17-21H2,1-3H3. The number of aliphatic hydroxyl groups is 1. The highest BCUT2D eigenvalue weighted by Gasteiger charge is 2.21. The molecule has 166 valence electrons. The fourth-order valence-corrected chi connectivity index (χ4v) is 3.11. The molecule has 0 spiro atoms. The summed E-state index contributed by atoms with van der Waals surface area (Å²) >= 11 is 0. The second-order valence-corrected chi connectivity index (χ2v) is 8.69. The Balaban J connectivity index is 2.22. The Kier molecular flexibility index (Phi) is 13.4. The number of amides is 1. The van der Waals surface area contributed by atoms with Gasteiger partial charge in [-0.3, -0.25) is 0 Å². The maximum absolute atomic E-state index is 12.6. The molecular formula is C24H42N2O3. The maximum atomic E-state index is 12.6. The minimum Gasteiger partial charge on any atom is -0.444 e. The van der Waals surface area contributed by atoms with Crippen molar-refractivity contribution in [3.05, 3.63) is 35.9 Å². The summed E-state index contributed by atoms with van der Waals surface area (Å²) in [6.07, 6.45) is 8.63. The largest absolute Gasteiger partial charge is 0.444 e. The van der Waals surface area contributed by atoms with E-state index in [-0.39, 0.29) is 6.09 Å². The molecule has 2 N–H and O–H groups in total. The molecule has 1 aromatic carbocycles. The normalized spacial score (nSPS) is 11.4. The molecule has 0 aliphatic rings. The number of nitrogens with one attached hydrogen (secondary N) is 1. The zero-order valence-corrected chi connectivity index (χ0v) is 18.8. The van der Waals surface area contributed by atoms with Gasteiger partial charge in [-0.2, -0.15) is 0 Å². The average Bonchev–Trinajstić information content (AvgIpc) is 2.67. The van der Waals surface area contributed by atoms with Gasteiger partial charge in [-0.05, 0) is 65.1 Å². The molecule has 5 heteroatoms. The number of carbonyl (C=O) groups is 1. The number of carbonyl (C=O) groups excluding carboxylic acids is 1. The van der Waals surface area contributed by atoms with Crippen LogP contribution in [0.5, 0.6) is 0 Å². The number of benzene rings is 1. The molecule has 0 atom stereocenters. The first-order valence-electron chi connectivity index (χ1n) is 11.3. The third-order valence-electron chi connectivity index (χ3n) is 4.66. The molecule has 1 amide bonds. The van der Waals surface area contributed by atoms with Crippen LogP contribution in [-0.4, -0.2) is 47.9 Å². The summed E-state index contributed by atoms with van der Waals surface area (Å²) < 4.78 is 5.59. The van der Waals surface area contributed by atoms with Crippen LogP contribution in [0.3, 0.4) is 0 Å². The van der Waals surface area contributed by atoms with Crippen LogP contribution < -0.4 is 5.32 Å². The van der Waals surface area contributed by atoms with Gasteiger partial charge >= 0.3 is 6.09 Å². The number of aliphatic hydroxyl groups excluding tert-OH is 1. The minimum atomic E-state index is -0.476. The van der Waals surface area contributed by atoms with Crippen molar-refractivity contribution in [1.82, 2.24) is 10.2 Å². The summed E-state index contributed by atoms with van der Waals surface area (Å²) in [5.41, 5.74) is 0.650. The fraction of sp³-hybridized carbons (Fsp3) is 0.708. The first kappa shape index (κ1) is 25.4. The van der Waals surface area contributed by atoms with Gasteiger partial charge in [-0.25, -0.2) is 4.79 Å². The molecule has 0 aliphatic carbocycles. The Hall–Kier alpha value is -1.59. The molecule has 0 bridgehead atoms. The van der Waals surface area contributed by atoms with E-state index in [2.05, 4.69) is 5.32 Å². The predicted octanol–water partition coefficient (Wildman–Crippen LogP) is 5.13. The number of rotatable bonds is 15. The maximum Gasteiger partial charge on any atom is 0.410 e. The van der Waals surface area contributed by atoms with E-state index < -0.39 is 5.60 Å². The average molecular weight is 407 g/mol. The monoisotopic (exact) mass is 406 g/mol. The zero-order chi connectivity index (χ0) is 21.4. The van der Waals surface area contributed by atoms with Gasteiger partial charge in [0, 0.05) is 19.7 Å². The molecular weight excluding hydrogens is 364 g/mol. The molecule has 1 rings (SSSR count). The van der Waals surface area contributed by atoms with Crippen molar-refractivity contribution >= 4 is 6.09 Å². The van der Waals surface area contributed by atoms with Gasteiger partial charge in [0.15, 0.2) is 0 Å². The summed E-state index contributed by atoms with van der Waals surface area (Å²) in [6, 6.07) is 10.1. The summed E-state index contributed by atoms with van der Waals surface area (Å²) in [6.45, 7) is 9.47. The van der Waals surface area contributed by atoms with Crippen molar-refractivity contribution in [3.8, 4) is 0 Å². The minimum absolute atomic E-state index is 0.232. The van der Waals surface area contributed by atoms with Crippen molar-refractivity contribution in [2.45, 2.75) is 84.3 Å². The van der Waals surface area contributed by atoms with Crippen LogP contribution >= 0.6 is 0 Å². The lowest BCUT2D eigenvalue weighted by molar-refractivity contribution is 0.0230. The number of hydrogen-bond acceptors (Lipinski definition) is 4. The third-order valence-corrected chi connectivity index (χ3v) is 4.66. The van der Waals surface area contributed by atoms with Crippen molar-refractivity contribution in [3.63, 3.8) is 0 Å². The molecule has 0 saturated carbocycles. The Morgan fingerprint density at radius 3 is 2.10 bits per heavy atom. The molecule has 0 heterocycles. The molecule has 0 unspecified atom stereocenters. The predicted molar refractivity (Wildman–Crippen MR) is 120 cm³/mol. The van der Waals surface area contributed by atoms with Gasteiger partial charge in [-0.15, -0.1) is 0 Å². The third kappa shape index (κ3) is 14.1. The van der Waals surface area contributed by atoms with Crippen LogP contribution in [0.25, 0.3) is 0 Å². The Labute approximate surface area is 177 Å². The second kappa shape index (κ2) is 15.3. The van der Waals surface area contributed by atoms with Crippen molar-refractivity contribution in [1.29, 1.82) is 0 Å². The van der Waals surface area contributed by atoms with Gasteiger partial charge in [0.05, 0.1) is 0 Å². The van der Waals surface area contributed by atoms with E-state index in [0.29, 0.717) is 13.2 Å². The molecule has 29 heavy (non-hydrogen) atoms. The van der Waals surface area contributed by atoms with E-state index in [1.54, 1.807) is 0 Å². The number of ether oxygens (including phenoxy) is 1. The van der Waals surface area contributed by atoms with E-state index in [0.717, 1.165) is 50.9 Å². The van der Waals surface area contributed by atoms with Crippen LogP contribution in [0.2, 0.25) is 0 Å². The van der Waals surface area contributed by atoms with Gasteiger partial charge in [0.25, 0.3) is 0 Å². The van der Waals surface area contributed by atoms with E-state index in [1.807, 2.05) is 56.0 Å². The second-order valence-electron chi connectivity index (χ2n) is 8.69. The summed E-state index contributed by atoms with van der Waals surface area (Å²) in [5, 5.41) is 12.2. The fourth-order valence-electron chi connectivity index (χ4n) is 3.11. The highest BCUT2D eigenvalue weighted by Crippen LogP contribution is 2.14. The smallest absolute Gasteiger partial charge is 0.410 e. The lowest BCUT2D eigenvalue weighted by atomic mass is 10.1. The topological polar surface area (TPSA) is 61.8 Å². The highest BCUT2D eigenvalue weighted by molar-refractivity contribution is 5.68. The lowest BCUT2D eigenvalue weighted by Gasteiger charge is -2.27. The number of nitrogens with zero attached hydrogens (tertiary/aromatic N) is 1. The van der Waals surface area contributed by atoms with Gasteiger partial charge in [0.1, 0.15) is 5.60 Å². The van der Waals surface area contributed by atoms with Gasteiger partial charge in [-0.1, -0.05) is 56.0 Å². The first-order chi connectivity index (χ1) is 13.9. The van der Waals surface area contributed by atoms with Crippen LogP contribution in [0, 0.1) is 0 Å². The van der Waals surface area contributed by atoms with Crippen molar-refractivity contribution < 1.29 is 14.6 Å². The summed E-state index contributed by atoms with van der Waals surface area (Å²) in [4.78, 5) is 14.4. The molecule has 0 radical (unpaired) electrons. The van der Waals surface area contributed by atoms with E-state index in [1.165, 1.54) is 25.7 Å². The molecule has 0 aliphatic heterocycles. The first-order valence-corrected chi connectivity index (χ1v) is 11.3. The van der Waals surface area contributed by atoms with Crippen LogP contribution in [0.15, 0.2) is 30.3 Å². The Bertz CT molecular complexity index is 529. The van der Waals surface area contributed by atoms with Crippen molar-refractivity contribution in [2.24, 2.45) is 0 Å². The quantitative estimate of drug-likeness (QED) is 0.397. The molecule has 1 aromatic rings. The van der Waals surface area contributed by atoms with Crippen LogP contribution in [0.4, 0.5) is 4.79 Å². The number of hydrogen-bond donors (Lipinski definition) is 2. The van der Waals surface area contributed by atoms with E-state index in [9.17, 15) is 4.79 Å². The molecule has 0 aromatic heterocycles. The number of unbranched alkanes of at least 4 members (excludes halogenated alkanes) is 6. The van der Waals surface area contributed by atoms with E-state index >= 15 is 0 Å². The highest BCUT2D eigenvalue weighted by atomic mass is 16.6. The lowest BCUT2D eigenvalue weighted by Crippen LogP contribution is -2.37. The molecule has 5 nitrogen and oxygen atoms in total. The van der Waals surface area contributed by atoms with E-state index in [4.69, 9.17) is 9.84 Å². The Morgan fingerprint density at radius 1 is 0.931 bits per heavy atom. The van der Waals surface area contributed by atoms with Crippen LogP contribution in [-0.2, 0) is 11.3 Å². The SMILES string of the molecule is CC(C)(C)OC(=O)N(CCCCCCNCCCCCCO)Cc1ccccc1. The van der Waals surface area contributed by atoms with Crippen molar-refractivity contribution in [2.75, 3.05) is 26.2 Å². The van der Waals surface area contributed by atoms with Crippen LogP contribution in [0.1, 0.15) is 77.7 Å². The molecule has 0 saturated heterocycles. The van der Waals surface area contributed by atoms with Gasteiger partial charge < -0.3 is 20.1 Å².